The fourth-order valence-electron chi connectivity index (χ4n) is 4.01. The Kier molecular flexibility index (Phi) is 9.11. The molecule has 0 spiro atoms. The van der Waals surface area contributed by atoms with Crippen molar-refractivity contribution in [3.05, 3.63) is 77.4 Å². The van der Waals surface area contributed by atoms with Gasteiger partial charge in [-0.2, -0.15) is 0 Å². The van der Waals surface area contributed by atoms with E-state index in [0.29, 0.717) is 6.54 Å². The predicted molar refractivity (Wildman–Crippen MR) is 145 cm³/mol. The number of nitrogens with one attached hydrogen (secondary N) is 1. The van der Waals surface area contributed by atoms with E-state index < -0.39 is 0 Å². The molecule has 0 radical (unpaired) electrons. The van der Waals surface area contributed by atoms with Gasteiger partial charge in [0.1, 0.15) is 12.4 Å². The van der Waals surface area contributed by atoms with Gasteiger partial charge in [-0.05, 0) is 43.0 Å². The fourth-order valence-corrected chi connectivity index (χ4v) is 4.01. The zero-order chi connectivity index (χ0) is 22.3. The van der Waals surface area contributed by atoms with Crippen LogP contribution in [0.25, 0.3) is 0 Å². The highest BCUT2D eigenvalue weighted by atomic mass is 127. The number of guanidine groups is 1. The summed E-state index contributed by atoms with van der Waals surface area (Å²) >= 11 is 0. The first kappa shape index (κ1) is 25.0. The van der Waals surface area contributed by atoms with E-state index in [2.05, 4.69) is 87.0 Å². The average Bonchev–Trinajstić information content (AvgIpc) is 3.16. The van der Waals surface area contributed by atoms with Crippen LogP contribution < -0.4 is 10.2 Å². The molecule has 0 atom stereocenters. The van der Waals surface area contributed by atoms with Gasteiger partial charge in [0.2, 0.25) is 0 Å². The molecule has 0 saturated heterocycles. The molecule has 1 aliphatic heterocycles. The van der Waals surface area contributed by atoms with Crippen LogP contribution in [0.3, 0.4) is 0 Å². The standard InChI is InChI=1S/C25H33N7.HI/c1-20-28-29-24(31(20)3)18-27-25(32-17-14-21-10-7-8-11-22(21)19-32)26-15-9-16-30(2)23-12-5-4-6-13-23;/h4-8,10-13H,9,14-19H2,1-3H3,(H,26,27);1H. The summed E-state index contributed by atoms with van der Waals surface area (Å²) in [5.41, 5.74) is 4.06. The molecule has 33 heavy (non-hydrogen) atoms. The molecular formula is C25H34IN7. The third-order valence-corrected chi connectivity index (χ3v) is 6.13. The lowest BCUT2D eigenvalue weighted by Gasteiger charge is -2.32. The Morgan fingerprint density at radius 1 is 1.06 bits per heavy atom. The van der Waals surface area contributed by atoms with E-state index in [1.54, 1.807) is 0 Å². The topological polar surface area (TPSA) is 61.6 Å². The van der Waals surface area contributed by atoms with Gasteiger partial charge >= 0.3 is 0 Å². The van der Waals surface area contributed by atoms with Crippen molar-refractivity contribution in [3.8, 4) is 0 Å². The lowest BCUT2D eigenvalue weighted by Crippen LogP contribution is -2.44. The third kappa shape index (κ3) is 6.46. The molecule has 1 aromatic heterocycles. The van der Waals surface area contributed by atoms with Crippen molar-refractivity contribution in [2.24, 2.45) is 12.0 Å². The van der Waals surface area contributed by atoms with Gasteiger partial charge in [-0.1, -0.05) is 42.5 Å². The second kappa shape index (κ2) is 12.0. The molecule has 3 aromatic rings. The summed E-state index contributed by atoms with van der Waals surface area (Å²) in [6.45, 7) is 6.17. The van der Waals surface area contributed by atoms with E-state index in [1.165, 1.54) is 16.8 Å². The van der Waals surface area contributed by atoms with Gasteiger partial charge in [-0.3, -0.25) is 0 Å². The molecule has 8 heteroatoms. The quantitative estimate of drug-likeness (QED) is 0.207. The van der Waals surface area contributed by atoms with Crippen LogP contribution >= 0.6 is 24.0 Å². The van der Waals surface area contributed by atoms with Crippen LogP contribution in [-0.2, 0) is 26.6 Å². The lowest BCUT2D eigenvalue weighted by atomic mass is 10.0. The number of aromatic nitrogens is 3. The van der Waals surface area contributed by atoms with Gasteiger partial charge < -0.3 is 19.7 Å². The summed E-state index contributed by atoms with van der Waals surface area (Å²) in [6.07, 6.45) is 2.06. The fraction of sp³-hybridized carbons (Fsp3) is 0.400. The number of para-hydroxylation sites is 1. The van der Waals surface area contributed by atoms with Crippen molar-refractivity contribution < 1.29 is 0 Å². The number of benzene rings is 2. The molecule has 7 nitrogen and oxygen atoms in total. The molecule has 0 unspecified atom stereocenters. The molecule has 4 rings (SSSR count). The van der Waals surface area contributed by atoms with Crippen LogP contribution in [0, 0.1) is 6.92 Å². The number of hydrogen-bond donors (Lipinski definition) is 1. The summed E-state index contributed by atoms with van der Waals surface area (Å²) in [5, 5.41) is 12.1. The first-order valence-electron chi connectivity index (χ1n) is 11.3. The maximum Gasteiger partial charge on any atom is 0.194 e. The number of halogens is 1. The summed E-state index contributed by atoms with van der Waals surface area (Å²) in [4.78, 5) is 9.58. The van der Waals surface area contributed by atoms with Crippen molar-refractivity contribution in [2.75, 3.05) is 31.6 Å². The molecule has 0 saturated carbocycles. The van der Waals surface area contributed by atoms with Crippen LogP contribution in [0.4, 0.5) is 5.69 Å². The number of anilines is 1. The van der Waals surface area contributed by atoms with Crippen LogP contribution in [0.1, 0.15) is 29.2 Å². The minimum Gasteiger partial charge on any atom is -0.375 e. The van der Waals surface area contributed by atoms with E-state index in [-0.39, 0.29) is 24.0 Å². The molecule has 0 fully saturated rings. The minimum absolute atomic E-state index is 0. The highest BCUT2D eigenvalue weighted by Crippen LogP contribution is 2.19. The van der Waals surface area contributed by atoms with Gasteiger partial charge in [0.05, 0.1) is 0 Å². The predicted octanol–water partition coefficient (Wildman–Crippen LogP) is 3.77. The molecule has 1 aliphatic rings. The van der Waals surface area contributed by atoms with Crippen molar-refractivity contribution in [2.45, 2.75) is 32.9 Å². The molecule has 0 bridgehead atoms. The van der Waals surface area contributed by atoms with Crippen LogP contribution in [0.5, 0.6) is 0 Å². The Balaban J connectivity index is 0.00000306. The number of fused-ring (bicyclic) bond motifs is 1. The Bertz CT molecular complexity index is 1050. The molecule has 0 amide bonds. The van der Waals surface area contributed by atoms with Crippen molar-refractivity contribution in [3.63, 3.8) is 0 Å². The van der Waals surface area contributed by atoms with E-state index in [9.17, 15) is 0 Å². The van der Waals surface area contributed by atoms with Crippen molar-refractivity contribution >= 4 is 35.6 Å². The van der Waals surface area contributed by atoms with Gasteiger partial charge in [0.25, 0.3) is 0 Å². The number of rotatable bonds is 7. The van der Waals surface area contributed by atoms with Gasteiger partial charge in [0.15, 0.2) is 11.8 Å². The summed E-state index contributed by atoms with van der Waals surface area (Å²) < 4.78 is 2.00. The smallest absolute Gasteiger partial charge is 0.194 e. The van der Waals surface area contributed by atoms with Crippen molar-refractivity contribution in [1.29, 1.82) is 0 Å². The maximum absolute atomic E-state index is 4.93. The second-order valence-corrected chi connectivity index (χ2v) is 8.34. The zero-order valence-electron chi connectivity index (χ0n) is 19.7. The SMILES string of the molecule is Cc1nnc(CN=C(NCCCN(C)c2ccccc2)N2CCc3ccccc3C2)n1C.I. The molecule has 2 heterocycles. The van der Waals surface area contributed by atoms with E-state index in [1.807, 2.05) is 18.5 Å². The number of aliphatic imine (C=N–C) groups is 1. The number of hydrogen-bond acceptors (Lipinski definition) is 4. The van der Waals surface area contributed by atoms with Crippen LogP contribution in [0.2, 0.25) is 0 Å². The van der Waals surface area contributed by atoms with Gasteiger partial charge in [-0.15, -0.1) is 34.2 Å². The molecular weight excluding hydrogens is 525 g/mol. The Hall–Kier alpha value is -2.62. The molecule has 1 N–H and O–H groups in total. The second-order valence-electron chi connectivity index (χ2n) is 8.34. The summed E-state index contributed by atoms with van der Waals surface area (Å²) in [7, 11) is 4.13. The highest BCUT2D eigenvalue weighted by Gasteiger charge is 2.19. The Labute approximate surface area is 213 Å². The van der Waals surface area contributed by atoms with Gasteiger partial charge in [-0.25, -0.2) is 4.99 Å². The summed E-state index contributed by atoms with van der Waals surface area (Å²) in [6, 6.07) is 19.2. The zero-order valence-corrected chi connectivity index (χ0v) is 22.1. The van der Waals surface area contributed by atoms with E-state index >= 15 is 0 Å². The third-order valence-electron chi connectivity index (χ3n) is 6.13. The summed E-state index contributed by atoms with van der Waals surface area (Å²) in [5.74, 6) is 2.73. The molecule has 0 aliphatic carbocycles. The van der Waals surface area contributed by atoms with Gasteiger partial charge in [0, 0.05) is 46.0 Å². The number of aryl methyl sites for hydroxylation is 1. The monoisotopic (exact) mass is 559 g/mol. The number of nitrogens with zero attached hydrogens (tertiary/aromatic N) is 6. The van der Waals surface area contributed by atoms with Crippen LogP contribution in [-0.4, -0.2) is 52.3 Å². The Morgan fingerprint density at radius 2 is 1.79 bits per heavy atom. The minimum atomic E-state index is 0. The maximum atomic E-state index is 4.93. The molecule has 2 aromatic carbocycles. The average molecular weight is 560 g/mol. The first-order valence-corrected chi connectivity index (χ1v) is 11.3. The normalized spacial score (nSPS) is 13.3. The van der Waals surface area contributed by atoms with Crippen LogP contribution in [0.15, 0.2) is 59.6 Å². The van der Waals surface area contributed by atoms with Crippen molar-refractivity contribution in [1.82, 2.24) is 25.0 Å². The van der Waals surface area contributed by atoms with E-state index in [0.717, 1.165) is 56.6 Å². The highest BCUT2D eigenvalue weighted by molar-refractivity contribution is 14.0. The first-order chi connectivity index (χ1) is 15.6. The van der Waals surface area contributed by atoms with E-state index in [4.69, 9.17) is 4.99 Å². The Morgan fingerprint density at radius 3 is 2.52 bits per heavy atom. The lowest BCUT2D eigenvalue weighted by molar-refractivity contribution is 0.377. The largest absolute Gasteiger partial charge is 0.375 e. The molecule has 176 valence electrons.